The number of hydrogen-bond donors (Lipinski definition) is 2. The van der Waals surface area contributed by atoms with Gasteiger partial charge in [0.05, 0.1) is 41.7 Å². The van der Waals surface area contributed by atoms with E-state index < -0.39 is 6.10 Å². The summed E-state index contributed by atoms with van der Waals surface area (Å²) in [5.74, 6) is 0.782. The van der Waals surface area contributed by atoms with Crippen molar-refractivity contribution in [3.63, 3.8) is 0 Å². The number of hydrogen-bond acceptors (Lipinski definition) is 7. The Balaban J connectivity index is 1.15. The fourth-order valence-corrected chi connectivity index (χ4v) is 7.29. The molecule has 206 valence electrons. The second kappa shape index (κ2) is 9.89. The summed E-state index contributed by atoms with van der Waals surface area (Å²) in [4.78, 5) is 22.4. The van der Waals surface area contributed by atoms with E-state index in [1.165, 1.54) is 6.42 Å². The molecule has 2 N–H and O–H groups in total. The predicted molar refractivity (Wildman–Crippen MR) is 149 cm³/mol. The number of piperazine rings is 1. The lowest BCUT2D eigenvalue weighted by Crippen LogP contribution is -2.60. The highest BCUT2D eigenvalue weighted by molar-refractivity contribution is 6.34. The fraction of sp³-hybridized carbons (Fsp3) is 0.655. The maximum Gasteiger partial charge on any atom is 0.229 e. The second-order valence-corrected chi connectivity index (χ2v) is 12.7. The van der Waals surface area contributed by atoms with E-state index in [2.05, 4.69) is 46.9 Å². The van der Waals surface area contributed by atoms with E-state index in [0.717, 1.165) is 62.1 Å². The highest BCUT2D eigenvalue weighted by Gasteiger charge is 2.64. The predicted octanol–water partition coefficient (Wildman–Crippen LogP) is 3.94. The Bertz CT molecular complexity index is 1210. The zero-order chi connectivity index (χ0) is 26.7. The van der Waals surface area contributed by atoms with Gasteiger partial charge >= 0.3 is 0 Å². The number of pyridine rings is 1. The van der Waals surface area contributed by atoms with Gasteiger partial charge in [-0.3, -0.25) is 9.69 Å². The Hall–Kier alpha value is -1.97. The number of benzene rings is 1. The number of halogens is 1. The van der Waals surface area contributed by atoms with Gasteiger partial charge < -0.3 is 24.8 Å². The molecule has 1 aromatic heterocycles. The molecule has 8 nitrogen and oxygen atoms in total. The van der Waals surface area contributed by atoms with E-state index in [0.29, 0.717) is 24.1 Å². The van der Waals surface area contributed by atoms with Crippen molar-refractivity contribution >= 4 is 39.8 Å². The van der Waals surface area contributed by atoms with Crippen LogP contribution >= 0.6 is 11.6 Å². The normalized spacial score (nSPS) is 33.4. The number of ether oxygens (including phenoxy) is 2. The summed E-state index contributed by atoms with van der Waals surface area (Å²) in [6.45, 7) is 11.4. The van der Waals surface area contributed by atoms with Crippen LogP contribution in [0.5, 0.6) is 0 Å². The second-order valence-electron chi connectivity index (χ2n) is 12.3. The minimum atomic E-state index is -0.467. The third-order valence-electron chi connectivity index (χ3n) is 9.58. The molecule has 1 aliphatic carbocycles. The van der Waals surface area contributed by atoms with Crippen LogP contribution in [0.2, 0.25) is 5.02 Å². The molecule has 1 aromatic carbocycles. The number of carbonyl (C=O) groups is 1. The molecule has 3 saturated heterocycles. The lowest BCUT2D eigenvalue weighted by molar-refractivity contribution is -0.118. The first-order chi connectivity index (χ1) is 18.2. The van der Waals surface area contributed by atoms with E-state index in [4.69, 9.17) is 21.1 Å². The van der Waals surface area contributed by atoms with Crippen LogP contribution in [-0.4, -0.2) is 84.6 Å². The van der Waals surface area contributed by atoms with Gasteiger partial charge in [-0.15, -0.1) is 0 Å². The minimum absolute atomic E-state index is 0.0258. The van der Waals surface area contributed by atoms with Gasteiger partial charge in [-0.25, -0.2) is 4.98 Å². The van der Waals surface area contributed by atoms with Crippen LogP contribution in [0.15, 0.2) is 24.4 Å². The van der Waals surface area contributed by atoms with E-state index in [-0.39, 0.29) is 34.8 Å². The highest BCUT2D eigenvalue weighted by atomic mass is 35.5. The molecule has 0 bridgehead atoms. The van der Waals surface area contributed by atoms with Gasteiger partial charge in [-0.2, -0.15) is 0 Å². The standard InChI is InChI=1S/C29H39ClN4O4/c1-28(2)25(22-6-4-5-11-38-22)26(28)27(36)32-24-14-18-13-21(20(30)12-19(18)15-31-24)33-7-9-34(10-8-33)29(3)17-37-16-23(29)35/h12-15,22-23,25-26,35H,4-11,16-17H2,1-3H3,(H,31,32,36)/t22-,23-,25-,26+,29+/m0/s1. The number of aromatic nitrogens is 1. The molecule has 0 radical (unpaired) electrons. The van der Waals surface area contributed by atoms with E-state index in [1.807, 2.05) is 12.1 Å². The number of carbonyl (C=O) groups excluding carboxylic acids is 1. The third kappa shape index (κ3) is 4.58. The van der Waals surface area contributed by atoms with Crippen LogP contribution in [0.1, 0.15) is 40.0 Å². The van der Waals surface area contributed by atoms with Gasteiger partial charge in [-0.1, -0.05) is 25.4 Å². The number of aliphatic hydroxyl groups is 1. The maximum absolute atomic E-state index is 13.3. The van der Waals surface area contributed by atoms with Gasteiger partial charge in [0.2, 0.25) is 5.91 Å². The van der Waals surface area contributed by atoms with E-state index in [9.17, 15) is 9.90 Å². The van der Waals surface area contributed by atoms with Crippen molar-refractivity contribution in [2.75, 3.05) is 56.2 Å². The van der Waals surface area contributed by atoms with Crippen LogP contribution in [0, 0.1) is 17.3 Å². The van der Waals surface area contributed by atoms with Crippen LogP contribution in [0.4, 0.5) is 11.5 Å². The molecule has 0 unspecified atom stereocenters. The van der Waals surface area contributed by atoms with Crippen molar-refractivity contribution < 1.29 is 19.4 Å². The first-order valence-corrected chi connectivity index (χ1v) is 14.3. The first kappa shape index (κ1) is 26.3. The summed E-state index contributed by atoms with van der Waals surface area (Å²) >= 11 is 6.72. The molecule has 4 aliphatic rings. The Kier molecular flexibility index (Phi) is 6.84. The fourth-order valence-electron chi connectivity index (χ4n) is 7.00. The SMILES string of the molecule is CC1(C)[C@@H]([C@@H]2CCCCO2)[C@@H]1C(=O)Nc1cc2cc(N3CCN([C@]4(C)COC[C@@H]4O)CC3)c(Cl)cc2cn1. The van der Waals surface area contributed by atoms with Gasteiger partial charge in [0.15, 0.2) is 0 Å². The smallest absolute Gasteiger partial charge is 0.229 e. The highest BCUT2D eigenvalue weighted by Crippen LogP contribution is 2.61. The molecule has 4 heterocycles. The number of nitrogens with one attached hydrogen (secondary N) is 1. The maximum atomic E-state index is 13.3. The molecule has 2 aromatic rings. The molecule has 0 spiro atoms. The van der Waals surface area contributed by atoms with Gasteiger partial charge in [0.1, 0.15) is 5.82 Å². The summed E-state index contributed by atoms with van der Waals surface area (Å²) in [7, 11) is 0. The van der Waals surface area contributed by atoms with Crippen molar-refractivity contribution in [3.8, 4) is 0 Å². The number of rotatable bonds is 5. The van der Waals surface area contributed by atoms with Crippen molar-refractivity contribution in [1.29, 1.82) is 0 Å². The summed E-state index contributed by atoms with van der Waals surface area (Å²) in [5, 5.41) is 16.1. The third-order valence-corrected chi connectivity index (χ3v) is 9.88. The first-order valence-electron chi connectivity index (χ1n) is 14.0. The monoisotopic (exact) mass is 542 g/mol. The zero-order valence-corrected chi connectivity index (χ0v) is 23.3. The van der Waals surface area contributed by atoms with Crippen LogP contribution < -0.4 is 10.2 Å². The Labute approximate surface area is 229 Å². The van der Waals surface area contributed by atoms with Crippen LogP contribution in [-0.2, 0) is 14.3 Å². The number of anilines is 2. The number of aliphatic hydroxyl groups excluding tert-OH is 1. The molecule has 3 aliphatic heterocycles. The summed E-state index contributed by atoms with van der Waals surface area (Å²) in [6.07, 6.45) is 4.81. The number of fused-ring (bicyclic) bond motifs is 1. The molecule has 38 heavy (non-hydrogen) atoms. The molecular formula is C29H39ClN4O4. The van der Waals surface area contributed by atoms with Crippen molar-refractivity contribution in [3.05, 3.63) is 29.4 Å². The summed E-state index contributed by atoms with van der Waals surface area (Å²) in [5.41, 5.74) is 0.577. The summed E-state index contributed by atoms with van der Waals surface area (Å²) in [6, 6.07) is 5.99. The summed E-state index contributed by atoms with van der Waals surface area (Å²) < 4.78 is 11.6. The molecular weight excluding hydrogens is 504 g/mol. The van der Waals surface area contributed by atoms with Crippen LogP contribution in [0.25, 0.3) is 10.8 Å². The molecule has 1 amide bonds. The van der Waals surface area contributed by atoms with Gasteiger partial charge in [0.25, 0.3) is 0 Å². The molecule has 9 heteroatoms. The number of nitrogens with zero attached hydrogens (tertiary/aromatic N) is 3. The molecule has 6 rings (SSSR count). The lowest BCUT2D eigenvalue weighted by atomic mass is 9.95. The van der Waals surface area contributed by atoms with Crippen molar-refractivity contribution in [2.45, 2.75) is 57.8 Å². The van der Waals surface area contributed by atoms with E-state index in [1.54, 1.807) is 6.20 Å². The Morgan fingerprint density at radius 3 is 2.61 bits per heavy atom. The molecule has 5 atom stereocenters. The van der Waals surface area contributed by atoms with Crippen molar-refractivity contribution in [2.24, 2.45) is 17.3 Å². The average molecular weight is 543 g/mol. The minimum Gasteiger partial charge on any atom is -0.389 e. The van der Waals surface area contributed by atoms with Gasteiger partial charge in [-0.05, 0) is 55.2 Å². The van der Waals surface area contributed by atoms with Crippen LogP contribution in [0.3, 0.4) is 0 Å². The Morgan fingerprint density at radius 2 is 1.92 bits per heavy atom. The Morgan fingerprint density at radius 1 is 1.13 bits per heavy atom. The molecule has 4 fully saturated rings. The molecule has 1 saturated carbocycles. The van der Waals surface area contributed by atoms with Crippen molar-refractivity contribution in [1.82, 2.24) is 9.88 Å². The lowest BCUT2D eigenvalue weighted by Gasteiger charge is -2.45. The topological polar surface area (TPSA) is 87.2 Å². The number of amides is 1. The largest absolute Gasteiger partial charge is 0.389 e. The van der Waals surface area contributed by atoms with Gasteiger partial charge in [0, 0.05) is 56.2 Å². The average Bonchev–Trinajstić information content (AvgIpc) is 3.34. The van der Waals surface area contributed by atoms with E-state index >= 15 is 0 Å². The zero-order valence-electron chi connectivity index (χ0n) is 22.6. The quantitative estimate of drug-likeness (QED) is 0.592.